The average molecular weight is 443 g/mol. The summed E-state index contributed by atoms with van der Waals surface area (Å²) in [7, 11) is 0. The van der Waals surface area contributed by atoms with Crippen molar-refractivity contribution in [2.45, 2.75) is 0 Å². The van der Waals surface area contributed by atoms with Crippen LogP contribution in [0, 0.1) is 0 Å². The molecule has 0 bridgehead atoms. The van der Waals surface area contributed by atoms with Gasteiger partial charge in [-0.2, -0.15) is 0 Å². The number of nitrogens with zero attached hydrogens (tertiary/aromatic N) is 1. The molecule has 0 heterocycles. The summed E-state index contributed by atoms with van der Waals surface area (Å²) in [6.07, 6.45) is 9.39. The first-order valence-electron chi connectivity index (χ1n) is 6.37. The van der Waals surface area contributed by atoms with Crippen LogP contribution in [-0.4, -0.2) is 6.21 Å². The van der Waals surface area contributed by atoms with Gasteiger partial charge >= 0.3 is 0 Å². The van der Waals surface area contributed by atoms with Crippen molar-refractivity contribution in [3.63, 3.8) is 0 Å². The van der Waals surface area contributed by atoms with Crippen molar-refractivity contribution in [3.05, 3.63) is 81.9 Å². The number of hydrogen-bond donors (Lipinski definition) is 1. The molecule has 5 heteroatoms. The van der Waals surface area contributed by atoms with Gasteiger partial charge in [0.2, 0.25) is 0 Å². The molecular weight excluding hydrogens is 427 g/mol. The number of benzene rings is 2. The van der Waals surface area contributed by atoms with Crippen molar-refractivity contribution in [1.82, 2.24) is 0 Å². The molecule has 1 N–H and O–H groups in total. The summed E-state index contributed by atoms with van der Waals surface area (Å²) in [6.45, 7) is 0. The number of aliphatic imine (C=N–C) groups is 1. The second-order valence-corrected chi connectivity index (χ2v) is 5.98. The minimum Gasteiger partial charge on any atom is -0.362 e. The Morgan fingerprint density at radius 1 is 0.773 bits per heavy atom. The fourth-order valence-electron chi connectivity index (χ4n) is 1.52. The van der Waals surface area contributed by atoms with Crippen LogP contribution < -0.4 is 5.32 Å². The summed E-state index contributed by atoms with van der Waals surface area (Å²) >= 11 is 6.80. The van der Waals surface area contributed by atoms with Crippen LogP contribution in [-0.2, 0) is 0 Å². The van der Waals surface area contributed by atoms with Crippen molar-refractivity contribution < 1.29 is 0 Å². The van der Waals surface area contributed by atoms with Crippen LogP contribution in [0.25, 0.3) is 0 Å². The van der Waals surface area contributed by atoms with E-state index in [0.717, 1.165) is 20.3 Å². The van der Waals surface area contributed by atoms with E-state index in [0.29, 0.717) is 0 Å². The van der Waals surface area contributed by atoms with Crippen molar-refractivity contribution >= 4 is 61.9 Å². The van der Waals surface area contributed by atoms with Crippen LogP contribution in [0.1, 0.15) is 0 Å². The normalized spacial score (nSPS) is 11.2. The van der Waals surface area contributed by atoms with Gasteiger partial charge in [-0.15, -0.1) is 12.4 Å². The number of anilines is 1. The first-order chi connectivity index (χ1) is 10.2. The van der Waals surface area contributed by atoms with Crippen LogP contribution in [0.3, 0.4) is 0 Å². The van der Waals surface area contributed by atoms with E-state index >= 15 is 0 Å². The first-order valence-corrected chi connectivity index (χ1v) is 7.96. The quantitative estimate of drug-likeness (QED) is 0.414. The summed E-state index contributed by atoms with van der Waals surface area (Å²) in [4.78, 5) is 4.32. The van der Waals surface area contributed by atoms with E-state index in [4.69, 9.17) is 0 Å². The lowest BCUT2D eigenvalue weighted by Gasteiger charge is -1.98. The molecule has 0 spiro atoms. The zero-order valence-electron chi connectivity index (χ0n) is 11.6. The lowest BCUT2D eigenvalue weighted by atomic mass is 10.3. The van der Waals surface area contributed by atoms with E-state index in [2.05, 4.69) is 42.2 Å². The second kappa shape index (κ2) is 10.4. The minimum absolute atomic E-state index is 0. The maximum Gasteiger partial charge on any atom is 0.0630 e. The van der Waals surface area contributed by atoms with Crippen molar-refractivity contribution in [2.75, 3.05) is 5.32 Å². The van der Waals surface area contributed by atoms with E-state index in [-0.39, 0.29) is 12.4 Å². The molecule has 0 aliphatic carbocycles. The number of halogens is 3. The van der Waals surface area contributed by atoms with E-state index in [1.54, 1.807) is 6.21 Å². The third kappa shape index (κ3) is 7.07. The number of hydrogen-bond acceptors (Lipinski definition) is 2. The molecule has 0 fully saturated rings. The summed E-state index contributed by atoms with van der Waals surface area (Å²) in [5, 5.41) is 3.18. The third-order valence-electron chi connectivity index (χ3n) is 2.55. The van der Waals surface area contributed by atoms with Crippen LogP contribution in [0.5, 0.6) is 0 Å². The van der Waals surface area contributed by atoms with Gasteiger partial charge in [0.25, 0.3) is 0 Å². The summed E-state index contributed by atoms with van der Waals surface area (Å²) in [5.41, 5.74) is 1.98. The number of rotatable bonds is 5. The Bertz CT molecular complexity index is 647. The summed E-state index contributed by atoms with van der Waals surface area (Å²) in [5.74, 6) is 0. The van der Waals surface area contributed by atoms with Crippen molar-refractivity contribution in [3.8, 4) is 0 Å². The average Bonchev–Trinajstić information content (AvgIpc) is 2.50. The van der Waals surface area contributed by atoms with Gasteiger partial charge in [-0.1, -0.05) is 37.9 Å². The molecule has 0 radical (unpaired) electrons. The Morgan fingerprint density at radius 2 is 1.36 bits per heavy atom. The van der Waals surface area contributed by atoms with E-state index in [1.165, 1.54) is 0 Å². The molecule has 0 unspecified atom stereocenters. The minimum atomic E-state index is 0. The fraction of sp³-hybridized carbons (Fsp3) is 0. The largest absolute Gasteiger partial charge is 0.362 e. The predicted octanol–water partition coefficient (Wildman–Crippen LogP) is 6.52. The van der Waals surface area contributed by atoms with E-state index in [9.17, 15) is 0 Å². The lowest BCUT2D eigenvalue weighted by Crippen LogP contribution is -1.85. The van der Waals surface area contributed by atoms with E-state index in [1.807, 2.05) is 73.0 Å². The standard InChI is InChI=1S/C17H14Br2N2.ClH/c18-14-4-8-16(9-5-14)20-12-2-1-3-13-21-17-10-6-15(19)7-11-17;/h1-13,20H;1H/b3-1+,12-2+,21-13?;. The van der Waals surface area contributed by atoms with Gasteiger partial charge in [-0.25, -0.2) is 0 Å². The van der Waals surface area contributed by atoms with Gasteiger partial charge in [0, 0.05) is 27.0 Å². The highest BCUT2D eigenvalue weighted by atomic mass is 79.9. The molecular formula is C17H15Br2ClN2. The van der Waals surface area contributed by atoms with Crippen LogP contribution in [0.4, 0.5) is 11.4 Å². The first kappa shape index (κ1) is 18.7. The maximum absolute atomic E-state index is 4.32. The Kier molecular flexibility index (Phi) is 8.82. The molecule has 114 valence electrons. The zero-order chi connectivity index (χ0) is 14.9. The van der Waals surface area contributed by atoms with Crippen LogP contribution in [0.15, 0.2) is 86.9 Å². The SMILES string of the molecule is Brc1ccc(N=C/C=C/C=C/Nc2ccc(Br)cc2)cc1.Cl. The van der Waals surface area contributed by atoms with Crippen molar-refractivity contribution in [1.29, 1.82) is 0 Å². The maximum atomic E-state index is 4.32. The summed E-state index contributed by atoms with van der Waals surface area (Å²) in [6, 6.07) is 15.9. The monoisotopic (exact) mass is 440 g/mol. The molecule has 2 rings (SSSR count). The topological polar surface area (TPSA) is 24.4 Å². The molecule has 2 aromatic carbocycles. The van der Waals surface area contributed by atoms with Gasteiger partial charge in [0.1, 0.15) is 0 Å². The molecule has 22 heavy (non-hydrogen) atoms. The van der Waals surface area contributed by atoms with E-state index < -0.39 is 0 Å². The molecule has 0 amide bonds. The third-order valence-corrected chi connectivity index (χ3v) is 3.61. The second-order valence-electron chi connectivity index (χ2n) is 4.15. The molecule has 0 aliphatic rings. The zero-order valence-corrected chi connectivity index (χ0v) is 15.6. The molecule has 0 aliphatic heterocycles. The Hall–Kier alpha value is -1.36. The summed E-state index contributed by atoms with van der Waals surface area (Å²) < 4.78 is 2.13. The number of nitrogens with one attached hydrogen (secondary N) is 1. The van der Waals surface area contributed by atoms with Gasteiger partial charge in [-0.3, -0.25) is 4.99 Å². The van der Waals surface area contributed by atoms with Gasteiger partial charge in [0.15, 0.2) is 0 Å². The molecule has 0 aromatic heterocycles. The van der Waals surface area contributed by atoms with Crippen molar-refractivity contribution in [2.24, 2.45) is 4.99 Å². The Morgan fingerprint density at radius 3 is 2.00 bits per heavy atom. The van der Waals surface area contributed by atoms with Gasteiger partial charge < -0.3 is 5.32 Å². The van der Waals surface area contributed by atoms with Crippen LogP contribution in [0.2, 0.25) is 0 Å². The molecule has 0 saturated heterocycles. The lowest BCUT2D eigenvalue weighted by molar-refractivity contribution is 1.52. The molecule has 0 atom stereocenters. The van der Waals surface area contributed by atoms with Gasteiger partial charge in [-0.05, 0) is 60.7 Å². The van der Waals surface area contributed by atoms with Crippen LogP contribution >= 0.6 is 44.3 Å². The Labute approximate surface area is 153 Å². The van der Waals surface area contributed by atoms with Gasteiger partial charge in [0.05, 0.1) is 5.69 Å². The predicted molar refractivity (Wildman–Crippen MR) is 106 cm³/mol. The Balaban J connectivity index is 0.00000242. The smallest absolute Gasteiger partial charge is 0.0630 e. The molecule has 0 saturated carbocycles. The molecule has 2 aromatic rings. The highest BCUT2D eigenvalue weighted by Gasteiger charge is 1.87. The molecule has 2 nitrogen and oxygen atoms in total. The highest BCUT2D eigenvalue weighted by molar-refractivity contribution is 9.10. The fourth-order valence-corrected chi connectivity index (χ4v) is 2.04. The number of allylic oxidation sites excluding steroid dienone is 3. The highest BCUT2D eigenvalue weighted by Crippen LogP contribution is 2.16.